The second-order valence-electron chi connectivity index (χ2n) is 4.86. The fourth-order valence-electron chi connectivity index (χ4n) is 1.97. The maximum absolute atomic E-state index is 11.7. The molecule has 0 saturated carbocycles. The van der Waals surface area contributed by atoms with Crippen LogP contribution in [0.2, 0.25) is 0 Å². The molecular weight excluding hydrogens is 318 g/mol. The van der Waals surface area contributed by atoms with Crippen molar-refractivity contribution in [2.45, 2.75) is 13.3 Å². The molecule has 1 fully saturated rings. The number of anilines is 1. The van der Waals surface area contributed by atoms with Crippen LogP contribution in [0.15, 0.2) is 24.3 Å². The van der Waals surface area contributed by atoms with E-state index >= 15 is 0 Å². The zero-order valence-electron chi connectivity index (χ0n) is 12.6. The molecule has 0 aliphatic carbocycles. The first-order valence-corrected chi connectivity index (χ1v) is 8.15. The first-order chi connectivity index (χ1) is 11.0. The molecule has 23 heavy (non-hydrogen) atoms. The molecule has 0 radical (unpaired) electrons. The van der Waals surface area contributed by atoms with Crippen LogP contribution < -0.4 is 10.6 Å². The minimum atomic E-state index is -0.809. The lowest BCUT2D eigenvalue weighted by molar-refractivity contribution is -0.136. The fourth-order valence-corrected chi connectivity index (χ4v) is 2.72. The molecule has 1 aliphatic heterocycles. The van der Waals surface area contributed by atoms with E-state index in [1.54, 1.807) is 12.1 Å². The van der Waals surface area contributed by atoms with Gasteiger partial charge in [0, 0.05) is 18.8 Å². The summed E-state index contributed by atoms with van der Waals surface area (Å²) in [5.74, 6) is -1.75. The van der Waals surface area contributed by atoms with Crippen molar-refractivity contribution in [3.63, 3.8) is 0 Å². The third-order valence-corrected chi connectivity index (χ3v) is 4.15. The highest BCUT2D eigenvalue weighted by Gasteiger charge is 2.29. The van der Waals surface area contributed by atoms with E-state index in [-0.39, 0.29) is 30.0 Å². The van der Waals surface area contributed by atoms with Crippen molar-refractivity contribution in [3.05, 3.63) is 29.8 Å². The van der Waals surface area contributed by atoms with Gasteiger partial charge >= 0.3 is 11.8 Å². The predicted octanol–water partition coefficient (Wildman–Crippen LogP) is 0.999. The maximum Gasteiger partial charge on any atom is 0.313 e. The van der Waals surface area contributed by atoms with E-state index in [4.69, 9.17) is 0 Å². The van der Waals surface area contributed by atoms with Crippen molar-refractivity contribution >= 4 is 40.4 Å². The topological polar surface area (TPSA) is 95.6 Å². The van der Waals surface area contributed by atoms with Crippen molar-refractivity contribution in [1.82, 2.24) is 10.2 Å². The second kappa shape index (κ2) is 7.77. The van der Waals surface area contributed by atoms with Gasteiger partial charge in [0.2, 0.25) is 5.91 Å². The normalized spacial score (nSPS) is 14.0. The molecule has 2 N–H and O–H groups in total. The smallest absolute Gasteiger partial charge is 0.313 e. The van der Waals surface area contributed by atoms with E-state index < -0.39 is 11.8 Å². The summed E-state index contributed by atoms with van der Waals surface area (Å²) in [6, 6.07) is 7.19. The van der Waals surface area contributed by atoms with Gasteiger partial charge in [0.15, 0.2) is 0 Å². The standard InChI is InChI=1S/C15H17N3O4S/c1-2-10-3-5-11(6-4-10)17-14(21)13(20)16-7-8-18-12(19)9-23-15(18)22/h3-6H,2,7-9H2,1H3,(H,16,20)(H,17,21). The summed E-state index contributed by atoms with van der Waals surface area (Å²) in [7, 11) is 0. The number of hydrogen-bond donors (Lipinski definition) is 2. The Bertz CT molecular complexity index is 614. The Hall–Kier alpha value is -2.35. The Morgan fingerprint density at radius 2 is 1.87 bits per heavy atom. The fraction of sp³-hybridized carbons (Fsp3) is 0.333. The number of benzene rings is 1. The van der Waals surface area contributed by atoms with Crippen LogP contribution in [-0.4, -0.2) is 46.7 Å². The molecule has 4 amide bonds. The molecule has 2 rings (SSSR count). The second-order valence-corrected chi connectivity index (χ2v) is 5.79. The first-order valence-electron chi connectivity index (χ1n) is 7.16. The number of nitrogens with zero attached hydrogens (tertiary/aromatic N) is 1. The van der Waals surface area contributed by atoms with E-state index in [2.05, 4.69) is 10.6 Å². The summed E-state index contributed by atoms with van der Waals surface area (Å²) < 4.78 is 0. The molecule has 0 aromatic heterocycles. The lowest BCUT2D eigenvalue weighted by Crippen LogP contribution is -2.41. The number of aryl methyl sites for hydroxylation is 1. The van der Waals surface area contributed by atoms with Crippen molar-refractivity contribution in [3.8, 4) is 0 Å². The summed E-state index contributed by atoms with van der Waals surface area (Å²) >= 11 is 0.929. The molecule has 1 heterocycles. The summed E-state index contributed by atoms with van der Waals surface area (Å²) in [5, 5.41) is 4.54. The molecule has 0 bridgehead atoms. The van der Waals surface area contributed by atoms with Gasteiger partial charge in [0.05, 0.1) is 5.75 Å². The van der Waals surface area contributed by atoms with Gasteiger partial charge in [-0.25, -0.2) is 0 Å². The molecule has 0 atom stereocenters. The Kier molecular flexibility index (Phi) is 5.75. The van der Waals surface area contributed by atoms with Crippen molar-refractivity contribution in [2.75, 3.05) is 24.2 Å². The van der Waals surface area contributed by atoms with Crippen LogP contribution in [0.4, 0.5) is 10.5 Å². The molecule has 7 nitrogen and oxygen atoms in total. The predicted molar refractivity (Wildman–Crippen MR) is 87.0 cm³/mol. The lowest BCUT2D eigenvalue weighted by Gasteiger charge is -2.13. The molecule has 8 heteroatoms. The van der Waals surface area contributed by atoms with Gasteiger partial charge in [-0.15, -0.1) is 0 Å². The van der Waals surface area contributed by atoms with Crippen LogP contribution in [0, 0.1) is 0 Å². The van der Waals surface area contributed by atoms with E-state index in [0.29, 0.717) is 5.69 Å². The summed E-state index contributed by atoms with van der Waals surface area (Å²) in [4.78, 5) is 47.2. The number of hydrogen-bond acceptors (Lipinski definition) is 5. The molecule has 0 unspecified atom stereocenters. The lowest BCUT2D eigenvalue weighted by atomic mass is 10.1. The van der Waals surface area contributed by atoms with Crippen LogP contribution in [0.25, 0.3) is 0 Å². The van der Waals surface area contributed by atoms with Crippen molar-refractivity contribution in [2.24, 2.45) is 0 Å². The van der Waals surface area contributed by atoms with Crippen molar-refractivity contribution in [1.29, 1.82) is 0 Å². The quantitative estimate of drug-likeness (QED) is 0.783. The number of carbonyl (C=O) groups excluding carboxylic acids is 4. The Morgan fingerprint density at radius 1 is 1.17 bits per heavy atom. The minimum absolute atomic E-state index is 0.0407. The molecule has 0 spiro atoms. The van der Waals surface area contributed by atoms with Gasteiger partial charge in [-0.05, 0) is 24.1 Å². The van der Waals surface area contributed by atoms with Gasteiger partial charge in [-0.2, -0.15) is 0 Å². The van der Waals surface area contributed by atoms with E-state index in [1.807, 2.05) is 19.1 Å². The highest BCUT2D eigenvalue weighted by molar-refractivity contribution is 8.14. The van der Waals surface area contributed by atoms with Gasteiger partial charge in [-0.3, -0.25) is 24.1 Å². The third-order valence-electron chi connectivity index (χ3n) is 3.29. The summed E-state index contributed by atoms with van der Waals surface area (Å²) in [6.07, 6.45) is 0.890. The molecule has 1 aliphatic rings. The van der Waals surface area contributed by atoms with Crippen LogP contribution >= 0.6 is 11.8 Å². The number of imide groups is 1. The number of nitrogens with one attached hydrogen (secondary N) is 2. The first kappa shape index (κ1) is 17.0. The third kappa shape index (κ3) is 4.56. The van der Waals surface area contributed by atoms with Gasteiger partial charge in [-0.1, -0.05) is 30.8 Å². The Labute approximate surface area is 137 Å². The number of carbonyl (C=O) groups is 4. The van der Waals surface area contributed by atoms with E-state index in [9.17, 15) is 19.2 Å². The van der Waals surface area contributed by atoms with Crippen molar-refractivity contribution < 1.29 is 19.2 Å². The molecule has 1 saturated heterocycles. The van der Waals surface area contributed by atoms with Crippen LogP contribution in [0.1, 0.15) is 12.5 Å². The SMILES string of the molecule is CCc1ccc(NC(=O)C(=O)NCCN2C(=O)CSC2=O)cc1. The number of thioether (sulfide) groups is 1. The van der Waals surface area contributed by atoms with Gasteiger partial charge < -0.3 is 10.6 Å². The minimum Gasteiger partial charge on any atom is -0.346 e. The van der Waals surface area contributed by atoms with Crippen LogP contribution in [0.3, 0.4) is 0 Å². The zero-order chi connectivity index (χ0) is 16.8. The van der Waals surface area contributed by atoms with Gasteiger partial charge in [0.1, 0.15) is 0 Å². The molecule has 1 aromatic rings. The Morgan fingerprint density at radius 3 is 2.43 bits per heavy atom. The number of amides is 4. The Balaban J connectivity index is 1.77. The van der Waals surface area contributed by atoms with Crippen LogP contribution in [0.5, 0.6) is 0 Å². The summed E-state index contributed by atoms with van der Waals surface area (Å²) in [5.41, 5.74) is 1.66. The van der Waals surface area contributed by atoms with Gasteiger partial charge in [0.25, 0.3) is 5.24 Å². The average Bonchev–Trinajstić information content (AvgIpc) is 2.87. The molecule has 122 valence electrons. The highest BCUT2D eigenvalue weighted by Crippen LogP contribution is 2.17. The number of rotatable bonds is 5. The highest BCUT2D eigenvalue weighted by atomic mass is 32.2. The van der Waals surface area contributed by atoms with E-state index in [1.165, 1.54) is 0 Å². The van der Waals surface area contributed by atoms with E-state index in [0.717, 1.165) is 28.6 Å². The monoisotopic (exact) mass is 335 g/mol. The molecule has 1 aromatic carbocycles. The average molecular weight is 335 g/mol. The maximum atomic E-state index is 11.7. The molecular formula is C15H17N3O4S. The van der Waals surface area contributed by atoms with Crippen LogP contribution in [-0.2, 0) is 20.8 Å². The summed E-state index contributed by atoms with van der Waals surface area (Å²) in [6.45, 7) is 2.13. The zero-order valence-corrected chi connectivity index (χ0v) is 13.4. The largest absolute Gasteiger partial charge is 0.346 e.